The van der Waals surface area contributed by atoms with Crippen LogP contribution in [0, 0.1) is 0 Å². The first-order valence-electron chi connectivity index (χ1n) is 6.14. The van der Waals surface area contributed by atoms with Crippen molar-refractivity contribution in [3.63, 3.8) is 0 Å². The number of hydrogen-bond donors (Lipinski definition) is 0. The van der Waals surface area contributed by atoms with Crippen LogP contribution in [0.25, 0.3) is 0 Å². The van der Waals surface area contributed by atoms with Crippen molar-refractivity contribution in [3.8, 4) is 0 Å². The molecule has 0 N–H and O–H groups in total. The van der Waals surface area contributed by atoms with Crippen LogP contribution in [0.1, 0.15) is 29.4 Å². The number of benzene rings is 1. The molecule has 0 spiro atoms. The molecule has 1 aromatic carbocycles. The molecule has 3 nitrogen and oxygen atoms in total. The summed E-state index contributed by atoms with van der Waals surface area (Å²) >= 11 is 0. The average Bonchev–Trinajstić information content (AvgIpc) is 2.13. The molecule has 1 aromatic rings. The average molecular weight is 230 g/mol. The van der Waals surface area contributed by atoms with Gasteiger partial charge in [0.25, 0.3) is 0 Å². The van der Waals surface area contributed by atoms with Crippen molar-refractivity contribution in [2.45, 2.75) is 19.8 Å². The van der Waals surface area contributed by atoms with Gasteiger partial charge < -0.3 is 0 Å². The lowest BCUT2D eigenvalue weighted by Gasteiger charge is -2.21. The Morgan fingerprint density at radius 3 is 2.40 bits per heavy atom. The number of anilines is 1. The molecule has 0 aromatic heterocycles. The van der Waals surface area contributed by atoms with E-state index >= 15 is 0 Å². The smallest absolute Gasteiger partial charge is 0.232 e. The second-order valence-corrected chi connectivity index (χ2v) is 5.57. The molecule has 0 amide bonds. The fourth-order valence-corrected chi connectivity index (χ4v) is 1.86. The first-order chi connectivity index (χ1) is 8.05. The van der Waals surface area contributed by atoms with Crippen LogP contribution in [0.2, 0.25) is 0 Å². The predicted molar refractivity (Wildman–Crippen MR) is 63.8 cm³/mol. The molecule has 0 radical (unpaired) electrons. The zero-order valence-electron chi connectivity index (χ0n) is 12.1. The van der Waals surface area contributed by atoms with Gasteiger partial charge >= 0.3 is 0 Å². The molecule has 84 valence electrons. The van der Waals surface area contributed by atoms with Crippen LogP contribution in [-0.4, -0.2) is 21.6 Å². The second kappa shape index (κ2) is 4.23. The minimum Gasteiger partial charge on any atom is -0.273 e. The molecule has 0 bridgehead atoms. The van der Waals surface area contributed by atoms with Gasteiger partial charge in [-0.15, -0.1) is 0 Å². The lowest BCUT2D eigenvalue weighted by Crippen LogP contribution is -2.26. The maximum Gasteiger partial charge on any atom is 0.232 e. The molecule has 0 aliphatic rings. The monoisotopic (exact) mass is 230 g/mol. The van der Waals surface area contributed by atoms with Gasteiger partial charge in [-0.05, 0) is 17.5 Å². The summed E-state index contributed by atoms with van der Waals surface area (Å²) in [4.78, 5) is 0. The third kappa shape index (κ3) is 2.72. The van der Waals surface area contributed by atoms with E-state index in [-0.39, 0.29) is 11.6 Å². The maximum atomic E-state index is 11.7. The quantitative estimate of drug-likeness (QED) is 0.798. The molecule has 15 heavy (non-hydrogen) atoms. The van der Waals surface area contributed by atoms with Crippen LogP contribution in [0.4, 0.5) is 5.69 Å². The zero-order valence-corrected chi connectivity index (χ0v) is 9.88. The Bertz CT molecular complexity index is 523. The molecule has 0 heterocycles. The number of hydrogen-bond acceptors (Lipinski definition) is 2. The van der Waals surface area contributed by atoms with Crippen LogP contribution in [0.15, 0.2) is 24.3 Å². The van der Waals surface area contributed by atoms with Crippen molar-refractivity contribution >= 4 is 15.7 Å². The summed E-state index contributed by atoms with van der Waals surface area (Å²) in [7, 11) is -3.86. The molecular formula is C11H17NO2S. The fraction of sp³-hybridized carbons (Fsp3) is 0.455. The Hall–Kier alpha value is -1.03. The number of rotatable bonds is 3. The van der Waals surface area contributed by atoms with Gasteiger partial charge in [-0.3, -0.25) is 4.31 Å². The van der Waals surface area contributed by atoms with Gasteiger partial charge in [-0.1, -0.05) is 32.0 Å². The summed E-state index contributed by atoms with van der Waals surface area (Å²) in [5, 5.41) is 0. The third-order valence-electron chi connectivity index (χ3n) is 2.11. The Kier molecular flexibility index (Phi) is 2.30. The SMILES string of the molecule is [2H]C([2H])([2H])N(c1ccccc1C(C)C)S(C)(=O)=O. The van der Waals surface area contributed by atoms with Gasteiger partial charge in [0.1, 0.15) is 0 Å². The van der Waals surface area contributed by atoms with Gasteiger partial charge in [0.15, 0.2) is 0 Å². The minimum atomic E-state index is -3.86. The maximum absolute atomic E-state index is 11.7. The van der Waals surface area contributed by atoms with Crippen LogP contribution in [0.3, 0.4) is 0 Å². The summed E-state index contributed by atoms with van der Waals surface area (Å²) in [6.07, 6.45) is 0.899. The normalized spacial score (nSPS) is 15.6. The van der Waals surface area contributed by atoms with Gasteiger partial charge in [0, 0.05) is 11.1 Å². The van der Waals surface area contributed by atoms with Crippen molar-refractivity contribution in [1.29, 1.82) is 0 Å². The number of para-hydroxylation sites is 1. The summed E-state index contributed by atoms with van der Waals surface area (Å²) in [5.41, 5.74) is 0.911. The molecule has 4 heteroatoms. The Morgan fingerprint density at radius 1 is 1.33 bits per heavy atom. The summed E-state index contributed by atoms with van der Waals surface area (Å²) in [6.45, 7) is 1.05. The predicted octanol–water partition coefficient (Wildman–Crippen LogP) is 2.21. The molecule has 0 unspecified atom stereocenters. The summed E-state index contributed by atoms with van der Waals surface area (Å²) < 4.78 is 46.1. The highest BCUT2D eigenvalue weighted by atomic mass is 32.2. The standard InChI is InChI=1S/C11H17NO2S/c1-9(2)10-7-5-6-8-11(10)12(3)15(4,13)14/h5-9H,1-4H3/i3D3. The van der Waals surface area contributed by atoms with E-state index in [1.165, 1.54) is 6.07 Å². The van der Waals surface area contributed by atoms with Crippen molar-refractivity contribution in [2.24, 2.45) is 0 Å². The lowest BCUT2D eigenvalue weighted by atomic mass is 10.0. The Balaban J connectivity index is 3.50. The van der Waals surface area contributed by atoms with Crippen molar-refractivity contribution in [1.82, 2.24) is 0 Å². The summed E-state index contributed by atoms with van der Waals surface area (Å²) in [5.74, 6) is 0.0350. The molecule has 0 fully saturated rings. The molecule has 0 saturated heterocycles. The topological polar surface area (TPSA) is 37.4 Å². The van der Waals surface area contributed by atoms with Crippen molar-refractivity contribution in [2.75, 3.05) is 17.5 Å². The van der Waals surface area contributed by atoms with Crippen LogP contribution >= 0.6 is 0 Å². The van der Waals surface area contributed by atoms with E-state index in [1.807, 2.05) is 13.8 Å². The van der Waals surface area contributed by atoms with E-state index < -0.39 is 17.0 Å². The van der Waals surface area contributed by atoms with Crippen molar-refractivity contribution < 1.29 is 12.5 Å². The third-order valence-corrected chi connectivity index (χ3v) is 2.97. The molecule has 0 atom stereocenters. The Labute approximate surface area is 96.0 Å². The molecule has 1 rings (SSSR count). The second-order valence-electron chi connectivity index (χ2n) is 3.74. The zero-order chi connectivity index (χ0) is 14.1. The van der Waals surface area contributed by atoms with Crippen LogP contribution in [0.5, 0.6) is 0 Å². The van der Waals surface area contributed by atoms with Crippen LogP contribution < -0.4 is 4.31 Å². The molecular weight excluding hydrogens is 210 g/mol. The van der Waals surface area contributed by atoms with E-state index in [0.717, 1.165) is 6.26 Å². The molecule has 0 aliphatic heterocycles. The highest BCUT2D eigenvalue weighted by Crippen LogP contribution is 2.27. The van der Waals surface area contributed by atoms with Crippen molar-refractivity contribution in [3.05, 3.63) is 29.8 Å². The van der Waals surface area contributed by atoms with Gasteiger partial charge in [0.2, 0.25) is 10.0 Å². The van der Waals surface area contributed by atoms with Gasteiger partial charge in [0.05, 0.1) is 11.9 Å². The van der Waals surface area contributed by atoms with E-state index in [9.17, 15) is 8.42 Å². The first-order valence-corrected chi connectivity index (χ1v) is 6.49. The van der Waals surface area contributed by atoms with E-state index in [0.29, 0.717) is 9.87 Å². The fourth-order valence-electron chi connectivity index (χ4n) is 1.34. The van der Waals surface area contributed by atoms with Crippen LogP contribution in [-0.2, 0) is 10.0 Å². The minimum absolute atomic E-state index is 0.0350. The van der Waals surface area contributed by atoms with E-state index in [2.05, 4.69) is 0 Å². The molecule has 0 saturated carbocycles. The molecule has 0 aliphatic carbocycles. The van der Waals surface area contributed by atoms with Gasteiger partial charge in [-0.25, -0.2) is 8.42 Å². The lowest BCUT2D eigenvalue weighted by molar-refractivity contribution is 0.600. The van der Waals surface area contributed by atoms with E-state index in [4.69, 9.17) is 4.11 Å². The largest absolute Gasteiger partial charge is 0.273 e. The Morgan fingerprint density at radius 2 is 1.93 bits per heavy atom. The number of nitrogens with zero attached hydrogens (tertiary/aromatic N) is 1. The highest BCUT2D eigenvalue weighted by molar-refractivity contribution is 7.92. The highest BCUT2D eigenvalue weighted by Gasteiger charge is 2.16. The summed E-state index contributed by atoms with van der Waals surface area (Å²) in [6, 6.07) is 6.65. The first kappa shape index (κ1) is 8.16. The van der Waals surface area contributed by atoms with Gasteiger partial charge in [-0.2, -0.15) is 0 Å². The van der Waals surface area contributed by atoms with E-state index in [1.54, 1.807) is 18.2 Å². The number of sulfonamides is 1.